The average Bonchev–Trinajstić information content (AvgIpc) is 2.44. The summed E-state index contributed by atoms with van der Waals surface area (Å²) in [5, 5.41) is 3.01. The highest BCUT2D eigenvalue weighted by atomic mass is 19.1. The van der Waals surface area contributed by atoms with Gasteiger partial charge in [0.25, 0.3) is 0 Å². The molecule has 0 bridgehead atoms. The number of ether oxygens (including phenoxy) is 1. The van der Waals surface area contributed by atoms with Crippen LogP contribution in [0.15, 0.2) is 48.5 Å². The molecule has 0 aromatic heterocycles. The fraction of sp³-hybridized carbons (Fsp3) is 0.188. The number of esters is 1. The predicted octanol–water partition coefficient (Wildman–Crippen LogP) is 3.46. The number of hydrogen-bond donors (Lipinski definition) is 1. The van der Waals surface area contributed by atoms with Crippen molar-refractivity contribution in [3.63, 3.8) is 0 Å². The van der Waals surface area contributed by atoms with Crippen LogP contribution in [0.25, 0.3) is 0 Å². The van der Waals surface area contributed by atoms with Gasteiger partial charge in [0.1, 0.15) is 5.82 Å². The highest BCUT2D eigenvalue weighted by molar-refractivity contribution is 5.81. The Hall–Kier alpha value is -2.36. The zero-order chi connectivity index (χ0) is 14.5. The first-order chi connectivity index (χ1) is 9.60. The van der Waals surface area contributed by atoms with Gasteiger partial charge in [0.2, 0.25) is 0 Å². The summed E-state index contributed by atoms with van der Waals surface area (Å²) in [4.78, 5) is 11.9. The monoisotopic (exact) mass is 273 g/mol. The number of nitrogens with one attached hydrogen (secondary N) is 1. The van der Waals surface area contributed by atoms with Crippen molar-refractivity contribution in [1.29, 1.82) is 0 Å². The zero-order valence-corrected chi connectivity index (χ0v) is 11.4. The van der Waals surface area contributed by atoms with Crippen molar-refractivity contribution < 1.29 is 13.9 Å². The molecule has 104 valence electrons. The number of hydrogen-bond acceptors (Lipinski definition) is 3. The van der Waals surface area contributed by atoms with E-state index in [0.717, 1.165) is 11.1 Å². The van der Waals surface area contributed by atoms with E-state index in [1.165, 1.54) is 19.2 Å². The molecule has 20 heavy (non-hydrogen) atoms. The third-order valence-electron chi connectivity index (χ3n) is 2.92. The minimum absolute atomic E-state index is 0.343. The second-order valence-corrected chi connectivity index (χ2v) is 4.53. The topological polar surface area (TPSA) is 38.3 Å². The van der Waals surface area contributed by atoms with Gasteiger partial charge in [-0.3, -0.25) is 0 Å². The molecule has 0 heterocycles. The summed E-state index contributed by atoms with van der Waals surface area (Å²) >= 11 is 0. The van der Waals surface area contributed by atoms with Crippen molar-refractivity contribution in [3.05, 3.63) is 65.5 Å². The van der Waals surface area contributed by atoms with Crippen molar-refractivity contribution in [2.45, 2.75) is 13.0 Å². The Balaban J connectivity index is 2.31. The van der Waals surface area contributed by atoms with E-state index in [2.05, 4.69) is 5.32 Å². The number of halogens is 1. The third kappa shape index (κ3) is 3.35. The second-order valence-electron chi connectivity index (χ2n) is 4.53. The lowest BCUT2D eigenvalue weighted by molar-refractivity contribution is -0.141. The summed E-state index contributed by atoms with van der Waals surface area (Å²) in [6, 6.07) is 13.1. The van der Waals surface area contributed by atoms with Gasteiger partial charge in [0.05, 0.1) is 7.11 Å². The molecule has 0 aliphatic heterocycles. The quantitative estimate of drug-likeness (QED) is 0.867. The van der Waals surface area contributed by atoms with Crippen LogP contribution in [0, 0.1) is 12.7 Å². The number of rotatable bonds is 4. The first-order valence-corrected chi connectivity index (χ1v) is 6.26. The van der Waals surface area contributed by atoms with Crippen molar-refractivity contribution in [2.24, 2.45) is 0 Å². The van der Waals surface area contributed by atoms with E-state index in [1.54, 1.807) is 13.0 Å². The van der Waals surface area contributed by atoms with Gasteiger partial charge in [-0.05, 0) is 36.2 Å². The molecule has 0 aliphatic rings. The fourth-order valence-corrected chi connectivity index (χ4v) is 2.03. The fourth-order valence-electron chi connectivity index (χ4n) is 2.03. The molecule has 4 heteroatoms. The Labute approximate surface area is 117 Å². The molecule has 1 atom stereocenters. The van der Waals surface area contributed by atoms with Gasteiger partial charge >= 0.3 is 5.97 Å². The Kier molecular flexibility index (Phi) is 4.35. The molecule has 1 N–H and O–H groups in total. The number of carbonyl (C=O) groups excluding carboxylic acids is 1. The van der Waals surface area contributed by atoms with E-state index in [-0.39, 0.29) is 5.82 Å². The number of benzene rings is 2. The van der Waals surface area contributed by atoms with Crippen molar-refractivity contribution in [1.82, 2.24) is 0 Å². The maximum Gasteiger partial charge on any atom is 0.332 e. The summed E-state index contributed by atoms with van der Waals surface area (Å²) in [5.74, 6) is -0.762. The lowest BCUT2D eigenvalue weighted by Gasteiger charge is -2.18. The number of methoxy groups -OCH3 is 1. The summed E-state index contributed by atoms with van der Waals surface area (Å²) < 4.78 is 18.2. The van der Waals surface area contributed by atoms with E-state index in [9.17, 15) is 9.18 Å². The summed E-state index contributed by atoms with van der Waals surface area (Å²) in [6.45, 7) is 1.80. The van der Waals surface area contributed by atoms with Crippen LogP contribution in [0.4, 0.5) is 10.1 Å². The lowest BCUT2D eigenvalue weighted by atomic mass is 10.1. The van der Waals surface area contributed by atoms with Crippen LogP contribution in [0.2, 0.25) is 0 Å². The molecule has 0 saturated heterocycles. The normalized spacial score (nSPS) is 11.8. The van der Waals surface area contributed by atoms with Crippen molar-refractivity contribution >= 4 is 11.7 Å². The van der Waals surface area contributed by atoms with Crippen LogP contribution in [0.3, 0.4) is 0 Å². The van der Waals surface area contributed by atoms with Gasteiger partial charge in [-0.15, -0.1) is 0 Å². The number of anilines is 1. The molecule has 0 spiro atoms. The van der Waals surface area contributed by atoms with Crippen LogP contribution < -0.4 is 5.32 Å². The van der Waals surface area contributed by atoms with E-state index < -0.39 is 12.0 Å². The SMILES string of the molecule is COC(=O)C(Nc1cc(C)cc(F)c1)c1ccccc1. The number of carbonyl (C=O) groups is 1. The molecule has 0 radical (unpaired) electrons. The molecule has 1 unspecified atom stereocenters. The van der Waals surface area contributed by atoms with Gasteiger partial charge in [0, 0.05) is 5.69 Å². The molecule has 0 amide bonds. The minimum atomic E-state index is -0.664. The van der Waals surface area contributed by atoms with Crippen molar-refractivity contribution in [3.8, 4) is 0 Å². The van der Waals surface area contributed by atoms with Crippen molar-refractivity contribution in [2.75, 3.05) is 12.4 Å². The van der Waals surface area contributed by atoms with Gasteiger partial charge in [0.15, 0.2) is 6.04 Å². The van der Waals surface area contributed by atoms with Gasteiger partial charge in [-0.25, -0.2) is 9.18 Å². The van der Waals surface area contributed by atoms with E-state index in [4.69, 9.17) is 4.74 Å². The molecule has 0 aliphatic carbocycles. The molecule has 0 fully saturated rings. The van der Waals surface area contributed by atoms with E-state index >= 15 is 0 Å². The van der Waals surface area contributed by atoms with Crippen LogP contribution in [-0.2, 0) is 9.53 Å². The molecular weight excluding hydrogens is 257 g/mol. The summed E-state index contributed by atoms with van der Waals surface area (Å²) in [5.41, 5.74) is 2.09. The molecule has 0 saturated carbocycles. The first-order valence-electron chi connectivity index (χ1n) is 6.26. The van der Waals surface area contributed by atoms with Crippen LogP contribution in [-0.4, -0.2) is 13.1 Å². The first kappa shape index (κ1) is 14.1. The molecule has 2 aromatic carbocycles. The maximum atomic E-state index is 13.4. The number of aryl methyl sites for hydroxylation is 1. The molecule has 2 rings (SSSR count). The van der Waals surface area contributed by atoms with Gasteiger partial charge < -0.3 is 10.1 Å². The van der Waals surface area contributed by atoms with Crippen LogP contribution in [0.5, 0.6) is 0 Å². The molecular formula is C16H16FNO2. The molecule has 3 nitrogen and oxygen atoms in total. The third-order valence-corrected chi connectivity index (χ3v) is 2.92. The minimum Gasteiger partial charge on any atom is -0.467 e. The predicted molar refractivity (Wildman–Crippen MR) is 76.0 cm³/mol. The highest BCUT2D eigenvalue weighted by Crippen LogP contribution is 2.22. The zero-order valence-electron chi connectivity index (χ0n) is 11.4. The van der Waals surface area contributed by atoms with E-state index in [1.807, 2.05) is 30.3 Å². The average molecular weight is 273 g/mol. The standard InChI is InChI=1S/C16H16FNO2/c1-11-8-13(17)10-14(9-11)18-15(16(19)20-2)12-6-4-3-5-7-12/h3-10,15,18H,1-2H3. The van der Waals surface area contributed by atoms with Crippen LogP contribution >= 0.6 is 0 Å². The van der Waals surface area contributed by atoms with Gasteiger partial charge in [-0.1, -0.05) is 30.3 Å². The Morgan fingerprint density at radius 1 is 1.20 bits per heavy atom. The molecule has 2 aromatic rings. The van der Waals surface area contributed by atoms with Crippen LogP contribution in [0.1, 0.15) is 17.2 Å². The Morgan fingerprint density at radius 3 is 2.50 bits per heavy atom. The van der Waals surface area contributed by atoms with Gasteiger partial charge in [-0.2, -0.15) is 0 Å². The Bertz CT molecular complexity index is 578. The maximum absolute atomic E-state index is 13.4. The lowest BCUT2D eigenvalue weighted by Crippen LogP contribution is -2.22. The Morgan fingerprint density at radius 2 is 1.90 bits per heavy atom. The summed E-state index contributed by atoms with van der Waals surface area (Å²) in [6.07, 6.45) is 0. The smallest absolute Gasteiger partial charge is 0.332 e. The summed E-state index contributed by atoms with van der Waals surface area (Å²) in [7, 11) is 1.33. The largest absolute Gasteiger partial charge is 0.467 e. The van der Waals surface area contributed by atoms with E-state index in [0.29, 0.717) is 5.69 Å². The second kappa shape index (κ2) is 6.19. The highest BCUT2D eigenvalue weighted by Gasteiger charge is 2.21.